The van der Waals surface area contributed by atoms with E-state index in [-0.39, 0.29) is 24.8 Å². The third-order valence-electron chi connectivity index (χ3n) is 8.31. The fraction of sp³-hybridized carbons (Fsp3) is 0.667. The average molecular weight is 452 g/mol. The molecule has 2 saturated heterocycles. The summed E-state index contributed by atoms with van der Waals surface area (Å²) < 4.78 is 8.43. The Morgan fingerprint density at radius 1 is 1.07 bits per heavy atom. The second kappa shape index (κ2) is 8.63. The SMILES string of the molecule is CC[C@]12CCCN3CCc4c(n(c5ccccc45)C(CN4CCOCC4)C1)[C@@H]32.Cl.Cl. The number of fused-ring (bicyclic) bond motifs is 3. The van der Waals surface area contributed by atoms with E-state index in [1.807, 2.05) is 0 Å². The largest absolute Gasteiger partial charge is 0.379 e. The van der Waals surface area contributed by atoms with Crippen LogP contribution in [0.2, 0.25) is 0 Å². The monoisotopic (exact) mass is 451 g/mol. The standard InChI is InChI=1S/C24H33N3O.2ClH/c1-2-24-9-5-10-26-11-8-20-19-6-3-4-7-21(19)27(22(20)23(24)26)18(16-24)17-25-12-14-28-15-13-25;;/h3-4,6-7,18,23H,2,5,8-17H2,1H3;2*1H/t18?,23-,24+;;/m1../s1. The van der Waals surface area contributed by atoms with E-state index in [0.717, 1.165) is 26.3 Å². The summed E-state index contributed by atoms with van der Waals surface area (Å²) in [6.45, 7) is 10.2. The van der Waals surface area contributed by atoms with Crippen molar-refractivity contribution in [1.29, 1.82) is 0 Å². The van der Waals surface area contributed by atoms with Crippen molar-refractivity contribution >= 4 is 35.7 Å². The summed E-state index contributed by atoms with van der Waals surface area (Å²) in [5.74, 6) is 0. The number of piperidine rings is 1. The first-order valence-electron chi connectivity index (χ1n) is 11.5. The summed E-state index contributed by atoms with van der Waals surface area (Å²) in [4.78, 5) is 5.50. The lowest BCUT2D eigenvalue weighted by molar-refractivity contribution is -0.0441. The maximum Gasteiger partial charge on any atom is 0.0594 e. The number of morpholine rings is 1. The van der Waals surface area contributed by atoms with Gasteiger partial charge in [0.2, 0.25) is 0 Å². The summed E-state index contributed by atoms with van der Waals surface area (Å²) in [6.07, 6.45) is 6.67. The number of para-hydroxylation sites is 1. The zero-order valence-corrected chi connectivity index (χ0v) is 19.6. The zero-order valence-electron chi connectivity index (χ0n) is 18.0. The quantitative estimate of drug-likeness (QED) is 0.664. The van der Waals surface area contributed by atoms with Crippen LogP contribution < -0.4 is 0 Å². The van der Waals surface area contributed by atoms with E-state index < -0.39 is 0 Å². The van der Waals surface area contributed by atoms with Crippen LogP contribution in [0.15, 0.2) is 24.3 Å². The Labute approximate surface area is 192 Å². The highest BCUT2D eigenvalue weighted by Gasteiger charge is 2.53. The molecule has 4 nitrogen and oxygen atoms in total. The Balaban J connectivity index is 0.00000109. The van der Waals surface area contributed by atoms with Gasteiger partial charge in [0.15, 0.2) is 0 Å². The smallest absolute Gasteiger partial charge is 0.0594 e. The molecule has 0 aliphatic carbocycles. The number of hydrogen-bond acceptors (Lipinski definition) is 3. The van der Waals surface area contributed by atoms with Gasteiger partial charge in [-0.3, -0.25) is 9.80 Å². The van der Waals surface area contributed by atoms with E-state index in [9.17, 15) is 0 Å². The molecule has 2 aromatic rings. The summed E-state index contributed by atoms with van der Waals surface area (Å²) in [5.41, 5.74) is 5.32. The first-order valence-corrected chi connectivity index (χ1v) is 11.5. The number of halogens is 2. The lowest BCUT2D eigenvalue weighted by Gasteiger charge is -2.57. The van der Waals surface area contributed by atoms with Crippen LogP contribution in [0.3, 0.4) is 0 Å². The summed E-state index contributed by atoms with van der Waals surface area (Å²) >= 11 is 0. The highest BCUT2D eigenvalue weighted by atomic mass is 35.5. The Bertz CT molecular complexity index is 894. The lowest BCUT2D eigenvalue weighted by atomic mass is 9.63. The molecule has 0 N–H and O–H groups in total. The van der Waals surface area contributed by atoms with E-state index in [2.05, 4.69) is 45.6 Å². The maximum atomic E-state index is 5.63. The van der Waals surface area contributed by atoms with Crippen molar-refractivity contribution < 1.29 is 4.74 Å². The molecule has 3 atom stereocenters. The first-order chi connectivity index (χ1) is 13.8. The Hall–Kier alpha value is -0.780. The number of aromatic nitrogens is 1. The Kier molecular flexibility index (Phi) is 6.45. The lowest BCUT2D eigenvalue weighted by Crippen LogP contribution is -2.54. The molecule has 0 bridgehead atoms. The predicted octanol–water partition coefficient (Wildman–Crippen LogP) is 4.85. The van der Waals surface area contributed by atoms with E-state index in [1.54, 1.807) is 11.3 Å². The van der Waals surface area contributed by atoms with Gasteiger partial charge in [0.25, 0.3) is 0 Å². The van der Waals surface area contributed by atoms with Crippen molar-refractivity contribution in [2.24, 2.45) is 5.41 Å². The molecule has 0 spiro atoms. The zero-order chi connectivity index (χ0) is 18.7. The van der Waals surface area contributed by atoms with Gasteiger partial charge >= 0.3 is 0 Å². The van der Waals surface area contributed by atoms with Crippen molar-refractivity contribution in [3.63, 3.8) is 0 Å². The molecule has 0 radical (unpaired) electrons. The van der Waals surface area contributed by atoms with E-state index in [4.69, 9.17) is 4.74 Å². The molecule has 0 saturated carbocycles. The van der Waals surface area contributed by atoms with Crippen LogP contribution in [-0.4, -0.2) is 60.3 Å². The van der Waals surface area contributed by atoms with Gasteiger partial charge in [0.05, 0.1) is 19.3 Å². The number of nitrogens with zero attached hydrogens (tertiary/aromatic N) is 3. The molecular formula is C24H35Cl2N3O. The molecule has 1 aromatic heterocycles. The second-order valence-corrected chi connectivity index (χ2v) is 9.53. The number of ether oxygens (including phenoxy) is 1. The van der Waals surface area contributed by atoms with Crippen LogP contribution >= 0.6 is 24.8 Å². The number of hydrogen-bond donors (Lipinski definition) is 0. The van der Waals surface area contributed by atoms with Crippen LogP contribution in [0.5, 0.6) is 0 Å². The fourth-order valence-corrected chi connectivity index (χ4v) is 7.07. The van der Waals surface area contributed by atoms with Crippen LogP contribution in [0.1, 0.15) is 55.9 Å². The average Bonchev–Trinajstić information content (AvgIpc) is 3.09. The minimum atomic E-state index is 0. The fourth-order valence-electron chi connectivity index (χ4n) is 7.07. The normalized spacial score (nSPS) is 31.0. The van der Waals surface area contributed by atoms with Gasteiger partial charge < -0.3 is 9.30 Å². The molecule has 4 aliphatic heterocycles. The number of benzene rings is 1. The maximum absolute atomic E-state index is 5.63. The van der Waals surface area contributed by atoms with Gasteiger partial charge in [-0.05, 0) is 55.7 Å². The molecule has 30 heavy (non-hydrogen) atoms. The molecule has 6 rings (SSSR count). The second-order valence-electron chi connectivity index (χ2n) is 9.53. The van der Waals surface area contributed by atoms with Crippen molar-refractivity contribution in [2.45, 2.75) is 51.1 Å². The molecule has 1 aromatic carbocycles. The van der Waals surface area contributed by atoms with Crippen molar-refractivity contribution in [2.75, 3.05) is 45.9 Å². The van der Waals surface area contributed by atoms with Gasteiger partial charge in [-0.1, -0.05) is 25.1 Å². The predicted molar refractivity (Wildman–Crippen MR) is 127 cm³/mol. The highest BCUT2D eigenvalue weighted by Crippen LogP contribution is 2.59. The molecule has 6 heteroatoms. The van der Waals surface area contributed by atoms with E-state index >= 15 is 0 Å². The topological polar surface area (TPSA) is 20.6 Å². The summed E-state index contributed by atoms with van der Waals surface area (Å²) in [5, 5.41) is 1.53. The first kappa shape index (κ1) is 22.4. The van der Waals surface area contributed by atoms with Gasteiger partial charge in [-0.15, -0.1) is 24.8 Å². The van der Waals surface area contributed by atoms with E-state index in [1.165, 1.54) is 62.6 Å². The van der Waals surface area contributed by atoms with Gasteiger partial charge in [-0.25, -0.2) is 0 Å². The summed E-state index contributed by atoms with van der Waals surface area (Å²) in [7, 11) is 0. The minimum absolute atomic E-state index is 0. The van der Waals surface area contributed by atoms with E-state index in [0.29, 0.717) is 17.5 Å². The summed E-state index contributed by atoms with van der Waals surface area (Å²) in [6, 6.07) is 10.5. The van der Waals surface area contributed by atoms with Gasteiger partial charge in [-0.2, -0.15) is 0 Å². The molecule has 0 amide bonds. The molecule has 2 fully saturated rings. The van der Waals surface area contributed by atoms with Crippen LogP contribution in [0, 0.1) is 5.41 Å². The Morgan fingerprint density at radius 3 is 2.67 bits per heavy atom. The van der Waals surface area contributed by atoms with Crippen LogP contribution in [0.4, 0.5) is 0 Å². The van der Waals surface area contributed by atoms with Crippen molar-refractivity contribution in [3.05, 3.63) is 35.5 Å². The third-order valence-corrected chi connectivity index (χ3v) is 8.31. The number of rotatable bonds is 3. The van der Waals surface area contributed by atoms with Crippen molar-refractivity contribution in [1.82, 2.24) is 14.4 Å². The molecule has 5 heterocycles. The molecule has 166 valence electrons. The van der Waals surface area contributed by atoms with Crippen molar-refractivity contribution in [3.8, 4) is 0 Å². The molecule has 4 aliphatic rings. The Morgan fingerprint density at radius 2 is 1.87 bits per heavy atom. The van der Waals surface area contributed by atoms with Crippen LogP contribution in [-0.2, 0) is 11.2 Å². The highest BCUT2D eigenvalue weighted by molar-refractivity contribution is 5.86. The minimum Gasteiger partial charge on any atom is -0.379 e. The third kappa shape index (κ3) is 3.22. The van der Waals surface area contributed by atoms with Gasteiger partial charge in [0, 0.05) is 48.8 Å². The molecular weight excluding hydrogens is 417 g/mol. The van der Waals surface area contributed by atoms with Gasteiger partial charge in [0.1, 0.15) is 0 Å². The van der Waals surface area contributed by atoms with Crippen LogP contribution in [0.25, 0.3) is 10.9 Å². The molecule has 1 unspecified atom stereocenters.